The molecule has 0 radical (unpaired) electrons. The SMILES string of the molecule is COc1ccc(NC(C)=O)cc1S(=O)(=O)Nc1ccc(C(=O)O)cc1. The Balaban J connectivity index is 2.37. The molecule has 0 aliphatic rings. The summed E-state index contributed by atoms with van der Waals surface area (Å²) in [5, 5.41) is 11.4. The molecule has 0 atom stereocenters. The highest BCUT2D eigenvalue weighted by Gasteiger charge is 2.21. The molecule has 0 saturated heterocycles. The lowest BCUT2D eigenvalue weighted by Gasteiger charge is -2.13. The second-order valence-corrected chi connectivity index (χ2v) is 6.69. The molecule has 0 heterocycles. The highest BCUT2D eigenvalue weighted by Crippen LogP contribution is 2.29. The van der Waals surface area contributed by atoms with Crippen molar-refractivity contribution in [2.75, 3.05) is 17.1 Å². The van der Waals surface area contributed by atoms with E-state index in [0.29, 0.717) is 5.69 Å². The molecule has 2 aromatic carbocycles. The Morgan fingerprint density at radius 1 is 1.04 bits per heavy atom. The summed E-state index contributed by atoms with van der Waals surface area (Å²) < 4.78 is 32.6. The fourth-order valence-electron chi connectivity index (χ4n) is 2.06. The zero-order valence-electron chi connectivity index (χ0n) is 13.4. The van der Waals surface area contributed by atoms with Crippen molar-refractivity contribution in [3.8, 4) is 5.75 Å². The summed E-state index contributed by atoms with van der Waals surface area (Å²) in [7, 11) is -2.69. The van der Waals surface area contributed by atoms with Crippen LogP contribution < -0.4 is 14.8 Å². The van der Waals surface area contributed by atoms with Gasteiger partial charge < -0.3 is 15.2 Å². The van der Waals surface area contributed by atoms with Gasteiger partial charge in [0.2, 0.25) is 5.91 Å². The van der Waals surface area contributed by atoms with Gasteiger partial charge in [0, 0.05) is 18.3 Å². The van der Waals surface area contributed by atoms with Crippen LogP contribution in [0.1, 0.15) is 17.3 Å². The number of anilines is 2. The Bertz CT molecular complexity index is 907. The second kappa shape index (κ2) is 7.22. The molecular weight excluding hydrogens is 348 g/mol. The molecule has 0 aromatic heterocycles. The van der Waals surface area contributed by atoms with Gasteiger partial charge in [0.15, 0.2) is 0 Å². The van der Waals surface area contributed by atoms with Gasteiger partial charge in [-0.1, -0.05) is 0 Å². The third-order valence-corrected chi connectivity index (χ3v) is 4.56. The smallest absolute Gasteiger partial charge is 0.335 e. The first-order chi connectivity index (χ1) is 11.7. The van der Waals surface area contributed by atoms with E-state index in [1.165, 1.54) is 56.5 Å². The first-order valence-electron chi connectivity index (χ1n) is 7.05. The zero-order chi connectivity index (χ0) is 18.6. The Morgan fingerprint density at radius 3 is 2.16 bits per heavy atom. The number of sulfonamides is 1. The van der Waals surface area contributed by atoms with Gasteiger partial charge in [0.25, 0.3) is 10.0 Å². The molecule has 9 heteroatoms. The van der Waals surface area contributed by atoms with Gasteiger partial charge >= 0.3 is 5.97 Å². The Morgan fingerprint density at radius 2 is 1.64 bits per heavy atom. The van der Waals surface area contributed by atoms with E-state index in [1.807, 2.05) is 0 Å². The maximum Gasteiger partial charge on any atom is 0.335 e. The van der Waals surface area contributed by atoms with Gasteiger partial charge in [-0.05, 0) is 42.5 Å². The zero-order valence-corrected chi connectivity index (χ0v) is 14.3. The molecule has 0 aliphatic heterocycles. The average molecular weight is 364 g/mol. The molecule has 0 fully saturated rings. The molecular formula is C16H16N2O6S. The monoisotopic (exact) mass is 364 g/mol. The summed E-state index contributed by atoms with van der Waals surface area (Å²) in [5.41, 5.74) is 0.528. The van der Waals surface area contributed by atoms with Crippen LogP contribution >= 0.6 is 0 Å². The molecule has 25 heavy (non-hydrogen) atoms. The lowest BCUT2D eigenvalue weighted by molar-refractivity contribution is -0.114. The van der Waals surface area contributed by atoms with E-state index in [0.717, 1.165) is 0 Å². The summed E-state index contributed by atoms with van der Waals surface area (Å²) >= 11 is 0. The van der Waals surface area contributed by atoms with Crippen molar-refractivity contribution in [2.24, 2.45) is 0 Å². The number of rotatable bonds is 6. The van der Waals surface area contributed by atoms with Crippen LogP contribution in [-0.2, 0) is 14.8 Å². The minimum Gasteiger partial charge on any atom is -0.495 e. The first kappa shape index (κ1) is 18.3. The summed E-state index contributed by atoms with van der Waals surface area (Å²) in [4.78, 5) is 21.8. The summed E-state index contributed by atoms with van der Waals surface area (Å²) in [6, 6.07) is 9.45. The standard InChI is InChI=1S/C16H16N2O6S/c1-10(19)17-13-7-8-14(24-2)15(9-13)25(22,23)18-12-5-3-11(4-6-12)16(20)21/h3-9,18H,1-2H3,(H,17,19)(H,20,21). The van der Waals surface area contributed by atoms with Crippen LogP contribution in [0.25, 0.3) is 0 Å². The highest BCUT2D eigenvalue weighted by atomic mass is 32.2. The van der Waals surface area contributed by atoms with Gasteiger partial charge in [0.05, 0.1) is 12.7 Å². The number of carboxylic acid groups (broad SMARTS) is 1. The summed E-state index contributed by atoms with van der Waals surface area (Å²) in [6.07, 6.45) is 0. The Hall–Kier alpha value is -3.07. The van der Waals surface area contributed by atoms with E-state index in [-0.39, 0.29) is 27.8 Å². The van der Waals surface area contributed by atoms with Crippen molar-refractivity contribution in [2.45, 2.75) is 11.8 Å². The minimum absolute atomic E-state index is 0.0354. The van der Waals surface area contributed by atoms with E-state index in [1.54, 1.807) is 0 Å². The van der Waals surface area contributed by atoms with Crippen molar-refractivity contribution < 1.29 is 27.9 Å². The number of carbonyl (C=O) groups excluding carboxylic acids is 1. The van der Waals surface area contributed by atoms with Crippen LogP contribution in [0.3, 0.4) is 0 Å². The van der Waals surface area contributed by atoms with Crippen LogP contribution in [-0.4, -0.2) is 32.5 Å². The summed E-state index contributed by atoms with van der Waals surface area (Å²) in [6.45, 7) is 1.31. The van der Waals surface area contributed by atoms with E-state index < -0.39 is 16.0 Å². The molecule has 2 aromatic rings. The largest absolute Gasteiger partial charge is 0.495 e. The minimum atomic E-state index is -4.02. The molecule has 0 aliphatic carbocycles. The van der Waals surface area contributed by atoms with Crippen molar-refractivity contribution in [3.05, 3.63) is 48.0 Å². The molecule has 8 nitrogen and oxygen atoms in total. The lowest BCUT2D eigenvalue weighted by atomic mass is 10.2. The number of benzene rings is 2. The average Bonchev–Trinajstić information content (AvgIpc) is 2.54. The van der Waals surface area contributed by atoms with Gasteiger partial charge in [-0.3, -0.25) is 9.52 Å². The van der Waals surface area contributed by atoms with Crippen molar-refractivity contribution in [3.63, 3.8) is 0 Å². The van der Waals surface area contributed by atoms with Crippen LogP contribution in [0.2, 0.25) is 0 Å². The molecule has 2 rings (SSSR count). The van der Waals surface area contributed by atoms with Crippen LogP contribution in [0.15, 0.2) is 47.4 Å². The Kier molecular flexibility index (Phi) is 5.28. The fourth-order valence-corrected chi connectivity index (χ4v) is 3.31. The van der Waals surface area contributed by atoms with Gasteiger partial charge in [-0.25, -0.2) is 13.2 Å². The van der Waals surface area contributed by atoms with Crippen LogP contribution in [0.4, 0.5) is 11.4 Å². The highest BCUT2D eigenvalue weighted by molar-refractivity contribution is 7.92. The lowest BCUT2D eigenvalue weighted by Crippen LogP contribution is -2.15. The first-order valence-corrected chi connectivity index (χ1v) is 8.53. The predicted molar refractivity (Wildman–Crippen MR) is 91.5 cm³/mol. The number of carboxylic acids is 1. The van der Waals surface area contributed by atoms with Gasteiger partial charge in [-0.2, -0.15) is 0 Å². The van der Waals surface area contributed by atoms with E-state index >= 15 is 0 Å². The summed E-state index contributed by atoms with van der Waals surface area (Å²) in [5.74, 6) is -1.35. The fraction of sp³-hybridized carbons (Fsp3) is 0.125. The third-order valence-electron chi connectivity index (χ3n) is 3.16. The number of ether oxygens (including phenoxy) is 1. The molecule has 0 spiro atoms. The maximum absolute atomic E-state index is 12.6. The predicted octanol–water partition coefficient (Wildman–Crippen LogP) is 2.15. The van der Waals surface area contributed by atoms with Gasteiger partial charge in [-0.15, -0.1) is 0 Å². The number of nitrogens with one attached hydrogen (secondary N) is 2. The molecule has 132 valence electrons. The van der Waals surface area contributed by atoms with Crippen LogP contribution in [0, 0.1) is 0 Å². The molecule has 0 unspecified atom stereocenters. The Labute approximate surface area is 144 Å². The number of amides is 1. The number of aromatic carboxylic acids is 1. The third kappa shape index (κ3) is 4.48. The van der Waals surface area contributed by atoms with Crippen molar-refractivity contribution in [1.29, 1.82) is 0 Å². The number of hydrogen-bond acceptors (Lipinski definition) is 5. The molecule has 1 amide bonds. The molecule has 0 saturated carbocycles. The number of methoxy groups -OCH3 is 1. The van der Waals surface area contributed by atoms with Crippen LogP contribution in [0.5, 0.6) is 5.75 Å². The van der Waals surface area contributed by atoms with E-state index in [9.17, 15) is 18.0 Å². The molecule has 3 N–H and O–H groups in total. The maximum atomic E-state index is 12.6. The number of carbonyl (C=O) groups is 2. The topological polar surface area (TPSA) is 122 Å². The van der Waals surface area contributed by atoms with Gasteiger partial charge in [0.1, 0.15) is 10.6 Å². The quantitative estimate of drug-likeness (QED) is 0.722. The normalized spacial score (nSPS) is 10.8. The van der Waals surface area contributed by atoms with Crippen molar-refractivity contribution in [1.82, 2.24) is 0 Å². The number of hydrogen-bond donors (Lipinski definition) is 3. The van der Waals surface area contributed by atoms with E-state index in [4.69, 9.17) is 9.84 Å². The van der Waals surface area contributed by atoms with E-state index in [2.05, 4.69) is 10.0 Å². The molecule has 0 bridgehead atoms. The second-order valence-electron chi connectivity index (χ2n) is 5.03. The van der Waals surface area contributed by atoms with Crippen molar-refractivity contribution >= 4 is 33.3 Å².